The Morgan fingerprint density at radius 1 is 1.40 bits per heavy atom. The predicted molar refractivity (Wildman–Crippen MR) is 63.7 cm³/mol. The Bertz CT molecular complexity index is 278. The zero-order valence-corrected chi connectivity index (χ0v) is 10.3. The number of aryl methyl sites for hydroxylation is 1. The van der Waals surface area contributed by atoms with Gasteiger partial charge in [0.2, 0.25) is 0 Å². The van der Waals surface area contributed by atoms with E-state index in [0.717, 1.165) is 19.5 Å². The van der Waals surface area contributed by atoms with Crippen LogP contribution in [0.5, 0.6) is 0 Å². The summed E-state index contributed by atoms with van der Waals surface area (Å²) in [4.78, 5) is 0. The molecule has 0 fully saturated rings. The van der Waals surface area contributed by atoms with Crippen molar-refractivity contribution >= 4 is 0 Å². The maximum Gasteiger partial charge on any atom is 0.0534 e. The first-order valence-electron chi connectivity index (χ1n) is 5.88. The van der Waals surface area contributed by atoms with Gasteiger partial charge in [0.25, 0.3) is 0 Å². The summed E-state index contributed by atoms with van der Waals surface area (Å²) >= 11 is 0. The topological polar surface area (TPSA) is 29.9 Å². The zero-order valence-electron chi connectivity index (χ0n) is 10.3. The summed E-state index contributed by atoms with van der Waals surface area (Å²) in [6, 6.07) is 0.555. The van der Waals surface area contributed by atoms with Gasteiger partial charge >= 0.3 is 0 Å². The fourth-order valence-electron chi connectivity index (χ4n) is 1.36. The lowest BCUT2D eigenvalue weighted by molar-refractivity contribution is 0.426. The van der Waals surface area contributed by atoms with E-state index in [0.29, 0.717) is 12.0 Å². The van der Waals surface area contributed by atoms with Crippen molar-refractivity contribution in [2.45, 2.75) is 53.2 Å². The van der Waals surface area contributed by atoms with Gasteiger partial charge in [0.15, 0.2) is 0 Å². The van der Waals surface area contributed by atoms with Gasteiger partial charge in [-0.05, 0) is 19.3 Å². The zero-order chi connectivity index (χ0) is 11.3. The maximum atomic E-state index is 4.31. The molecule has 0 aliphatic carbocycles. The fourth-order valence-corrected chi connectivity index (χ4v) is 1.36. The first kappa shape index (κ1) is 12.2. The van der Waals surface area contributed by atoms with E-state index in [-0.39, 0.29) is 0 Å². The molecule has 1 heterocycles. The SMILES string of the molecule is CCCn1cc(CNC(C)C(C)C)cn1. The van der Waals surface area contributed by atoms with Crippen molar-refractivity contribution < 1.29 is 0 Å². The minimum absolute atomic E-state index is 0.555. The molecule has 0 radical (unpaired) electrons. The highest BCUT2D eigenvalue weighted by Gasteiger charge is 2.06. The third kappa shape index (κ3) is 4.04. The van der Waals surface area contributed by atoms with E-state index in [4.69, 9.17) is 0 Å². The highest BCUT2D eigenvalue weighted by atomic mass is 15.3. The van der Waals surface area contributed by atoms with Gasteiger partial charge in [0.1, 0.15) is 0 Å². The smallest absolute Gasteiger partial charge is 0.0534 e. The van der Waals surface area contributed by atoms with E-state index in [2.05, 4.69) is 44.3 Å². The molecule has 86 valence electrons. The molecule has 0 saturated carbocycles. The van der Waals surface area contributed by atoms with Crippen molar-refractivity contribution in [3.63, 3.8) is 0 Å². The molecule has 0 aromatic carbocycles. The van der Waals surface area contributed by atoms with Gasteiger partial charge in [-0.2, -0.15) is 5.10 Å². The third-order valence-electron chi connectivity index (χ3n) is 2.77. The summed E-state index contributed by atoms with van der Waals surface area (Å²) < 4.78 is 2.01. The highest BCUT2D eigenvalue weighted by molar-refractivity contribution is 5.03. The van der Waals surface area contributed by atoms with E-state index in [1.54, 1.807) is 0 Å². The molecule has 0 saturated heterocycles. The molecular weight excluding hydrogens is 186 g/mol. The minimum Gasteiger partial charge on any atom is -0.310 e. The lowest BCUT2D eigenvalue weighted by Gasteiger charge is -2.16. The van der Waals surface area contributed by atoms with E-state index in [1.165, 1.54) is 5.56 Å². The number of hydrogen-bond acceptors (Lipinski definition) is 2. The van der Waals surface area contributed by atoms with Gasteiger partial charge in [-0.3, -0.25) is 4.68 Å². The molecule has 3 heteroatoms. The van der Waals surface area contributed by atoms with Gasteiger partial charge in [-0.15, -0.1) is 0 Å². The van der Waals surface area contributed by atoms with E-state index in [1.807, 2.05) is 10.9 Å². The maximum absolute atomic E-state index is 4.31. The fraction of sp³-hybridized carbons (Fsp3) is 0.750. The third-order valence-corrected chi connectivity index (χ3v) is 2.77. The second-order valence-corrected chi connectivity index (χ2v) is 4.53. The second-order valence-electron chi connectivity index (χ2n) is 4.53. The number of rotatable bonds is 6. The summed E-state index contributed by atoms with van der Waals surface area (Å²) in [6.45, 7) is 10.8. The molecule has 0 aliphatic heterocycles. The van der Waals surface area contributed by atoms with Crippen LogP contribution in [0.15, 0.2) is 12.4 Å². The number of hydrogen-bond donors (Lipinski definition) is 1. The van der Waals surface area contributed by atoms with Gasteiger partial charge in [0.05, 0.1) is 6.20 Å². The summed E-state index contributed by atoms with van der Waals surface area (Å²) in [5, 5.41) is 7.81. The lowest BCUT2D eigenvalue weighted by atomic mass is 10.1. The monoisotopic (exact) mass is 209 g/mol. The van der Waals surface area contributed by atoms with Crippen LogP contribution in [-0.4, -0.2) is 15.8 Å². The molecule has 1 unspecified atom stereocenters. The van der Waals surface area contributed by atoms with Crippen molar-refractivity contribution in [3.05, 3.63) is 18.0 Å². The normalized spacial score (nSPS) is 13.4. The molecule has 0 spiro atoms. The van der Waals surface area contributed by atoms with Crippen molar-refractivity contribution in [1.82, 2.24) is 15.1 Å². The van der Waals surface area contributed by atoms with Gasteiger partial charge in [0, 0.05) is 30.9 Å². The standard InChI is InChI=1S/C12H23N3/c1-5-6-15-9-12(8-14-15)7-13-11(4)10(2)3/h8-11,13H,5-7H2,1-4H3. The first-order valence-corrected chi connectivity index (χ1v) is 5.88. The summed E-state index contributed by atoms with van der Waals surface area (Å²) in [5.41, 5.74) is 1.27. The molecule has 1 atom stereocenters. The van der Waals surface area contributed by atoms with E-state index < -0.39 is 0 Å². The Labute approximate surface area is 92.9 Å². The molecule has 0 aliphatic rings. The van der Waals surface area contributed by atoms with E-state index in [9.17, 15) is 0 Å². The molecule has 1 N–H and O–H groups in total. The van der Waals surface area contributed by atoms with Crippen molar-refractivity contribution in [3.8, 4) is 0 Å². The second kappa shape index (κ2) is 5.91. The highest BCUT2D eigenvalue weighted by Crippen LogP contribution is 2.03. The van der Waals surface area contributed by atoms with Crippen LogP contribution in [0.3, 0.4) is 0 Å². The van der Waals surface area contributed by atoms with Crippen LogP contribution in [0, 0.1) is 5.92 Å². The van der Waals surface area contributed by atoms with Crippen molar-refractivity contribution in [1.29, 1.82) is 0 Å². The Kier molecular flexibility index (Phi) is 4.82. The van der Waals surface area contributed by atoms with Crippen LogP contribution in [0.2, 0.25) is 0 Å². The Balaban J connectivity index is 2.37. The molecule has 1 aromatic rings. The first-order chi connectivity index (χ1) is 7.13. The molecule has 3 nitrogen and oxygen atoms in total. The predicted octanol–water partition coefficient (Wildman–Crippen LogP) is 2.43. The van der Waals surface area contributed by atoms with Crippen LogP contribution in [0.4, 0.5) is 0 Å². The quantitative estimate of drug-likeness (QED) is 0.780. The summed E-state index contributed by atoms with van der Waals surface area (Å²) in [5.74, 6) is 0.677. The summed E-state index contributed by atoms with van der Waals surface area (Å²) in [6.07, 6.45) is 5.22. The molecule has 1 rings (SSSR count). The van der Waals surface area contributed by atoms with Crippen LogP contribution in [0.1, 0.15) is 39.7 Å². The Hall–Kier alpha value is -0.830. The molecule has 1 aromatic heterocycles. The Morgan fingerprint density at radius 3 is 2.73 bits per heavy atom. The molecule has 15 heavy (non-hydrogen) atoms. The van der Waals surface area contributed by atoms with Gasteiger partial charge < -0.3 is 5.32 Å². The molecule has 0 amide bonds. The average Bonchev–Trinajstić information content (AvgIpc) is 2.62. The van der Waals surface area contributed by atoms with Crippen LogP contribution < -0.4 is 5.32 Å². The minimum atomic E-state index is 0.555. The largest absolute Gasteiger partial charge is 0.310 e. The van der Waals surface area contributed by atoms with Gasteiger partial charge in [-0.25, -0.2) is 0 Å². The van der Waals surface area contributed by atoms with Crippen LogP contribution in [0.25, 0.3) is 0 Å². The number of nitrogens with zero attached hydrogens (tertiary/aromatic N) is 2. The van der Waals surface area contributed by atoms with Gasteiger partial charge in [-0.1, -0.05) is 20.8 Å². The average molecular weight is 209 g/mol. The van der Waals surface area contributed by atoms with Crippen molar-refractivity contribution in [2.24, 2.45) is 5.92 Å². The van der Waals surface area contributed by atoms with Crippen LogP contribution >= 0.6 is 0 Å². The Morgan fingerprint density at radius 2 is 2.13 bits per heavy atom. The van der Waals surface area contributed by atoms with E-state index >= 15 is 0 Å². The molecule has 0 bridgehead atoms. The summed E-state index contributed by atoms with van der Waals surface area (Å²) in [7, 11) is 0. The lowest BCUT2D eigenvalue weighted by Crippen LogP contribution is -2.29. The number of aromatic nitrogens is 2. The van der Waals surface area contributed by atoms with Crippen LogP contribution in [-0.2, 0) is 13.1 Å². The van der Waals surface area contributed by atoms with Crippen molar-refractivity contribution in [2.75, 3.05) is 0 Å². The number of nitrogens with one attached hydrogen (secondary N) is 1. The molecular formula is C12H23N3.